The highest BCUT2D eigenvalue weighted by molar-refractivity contribution is 5.94. The van der Waals surface area contributed by atoms with Crippen LogP contribution < -0.4 is 35.4 Å². The van der Waals surface area contributed by atoms with Gasteiger partial charge in [-0.3, -0.25) is 14.9 Å². The van der Waals surface area contributed by atoms with Gasteiger partial charge in [-0.1, -0.05) is 0 Å². The second-order valence-electron chi connectivity index (χ2n) is 6.22. The van der Waals surface area contributed by atoms with E-state index in [1.54, 1.807) is 31.4 Å². The van der Waals surface area contributed by atoms with Gasteiger partial charge in [0.25, 0.3) is 5.91 Å². The highest BCUT2D eigenvalue weighted by atomic mass is 16.5. The van der Waals surface area contributed by atoms with Crippen LogP contribution in [0, 0.1) is 0 Å². The summed E-state index contributed by atoms with van der Waals surface area (Å²) in [5.74, 6) is 0.451. The largest absolute Gasteiger partial charge is 0.497 e. The van der Waals surface area contributed by atoms with E-state index < -0.39 is 24.0 Å². The van der Waals surface area contributed by atoms with Crippen LogP contribution in [0.2, 0.25) is 0 Å². The fourth-order valence-electron chi connectivity index (χ4n) is 2.93. The molecule has 162 valence electrons. The monoisotopic (exact) mass is 428 g/mol. The first-order valence-corrected chi connectivity index (χ1v) is 8.97. The van der Waals surface area contributed by atoms with Gasteiger partial charge in [0.05, 0.1) is 21.3 Å². The number of carbonyl (C=O) groups is 2. The topological polar surface area (TPSA) is 139 Å². The van der Waals surface area contributed by atoms with Gasteiger partial charge < -0.3 is 29.1 Å². The van der Waals surface area contributed by atoms with E-state index in [2.05, 4.69) is 0 Å². The van der Waals surface area contributed by atoms with Crippen molar-refractivity contribution in [2.75, 3.05) is 27.9 Å². The molecule has 0 spiro atoms. The van der Waals surface area contributed by atoms with Gasteiger partial charge in [0.15, 0.2) is 12.4 Å². The maximum atomic E-state index is 13.1. The number of fused-ring (bicyclic) bond motifs is 1. The molecule has 3 rings (SSSR count). The lowest BCUT2D eigenvalue weighted by atomic mass is 10.1. The molecule has 0 bridgehead atoms. The summed E-state index contributed by atoms with van der Waals surface area (Å²) >= 11 is 0. The summed E-state index contributed by atoms with van der Waals surface area (Å²) in [6.07, 6.45) is 0. The van der Waals surface area contributed by atoms with Crippen LogP contribution >= 0.6 is 0 Å². The second-order valence-corrected chi connectivity index (χ2v) is 6.22. The van der Waals surface area contributed by atoms with Crippen molar-refractivity contribution in [1.82, 2.24) is 5.32 Å². The first-order chi connectivity index (χ1) is 14.9. The van der Waals surface area contributed by atoms with Gasteiger partial charge in [0.2, 0.25) is 11.2 Å². The second kappa shape index (κ2) is 9.08. The zero-order valence-corrected chi connectivity index (χ0v) is 17.0. The molecule has 0 unspecified atom stereocenters. The van der Waals surface area contributed by atoms with Crippen molar-refractivity contribution < 1.29 is 33.0 Å². The lowest BCUT2D eigenvalue weighted by Gasteiger charge is -2.13. The third kappa shape index (κ3) is 4.53. The van der Waals surface area contributed by atoms with E-state index in [0.717, 1.165) is 0 Å². The number of ether oxygens (including phenoxy) is 4. The Hall–Kier alpha value is -4.21. The van der Waals surface area contributed by atoms with Crippen LogP contribution in [0.4, 0.5) is 4.79 Å². The molecule has 0 atom stereocenters. The number of carbonyl (C=O) groups excluding carboxylic acids is 2. The lowest BCUT2D eigenvalue weighted by molar-refractivity contribution is -0.121. The standard InChI is InChI=1S/C21H20N2O8/c1-27-12-6-4-11(5-7-12)19-20(29-3)18(25)17-14(28-2)8-13(9-15(17)31-19)30-10-16(24)23-21(22)26/h4-9H,10H2,1-3H3,(H3,22,23,24,26). The number of nitrogens with one attached hydrogen (secondary N) is 1. The van der Waals surface area contributed by atoms with Gasteiger partial charge in [-0.2, -0.15) is 0 Å². The van der Waals surface area contributed by atoms with Crippen LogP contribution in [0.15, 0.2) is 45.6 Å². The molecule has 0 aliphatic carbocycles. The van der Waals surface area contributed by atoms with Gasteiger partial charge in [-0.15, -0.1) is 0 Å². The minimum atomic E-state index is -0.994. The smallest absolute Gasteiger partial charge is 0.318 e. The Morgan fingerprint density at radius 2 is 1.71 bits per heavy atom. The number of nitrogens with two attached hydrogens (primary N) is 1. The van der Waals surface area contributed by atoms with Gasteiger partial charge >= 0.3 is 6.03 Å². The first-order valence-electron chi connectivity index (χ1n) is 8.97. The molecule has 0 radical (unpaired) electrons. The van der Waals surface area contributed by atoms with Crippen molar-refractivity contribution in [1.29, 1.82) is 0 Å². The molecule has 0 aliphatic rings. The maximum Gasteiger partial charge on any atom is 0.318 e. The Morgan fingerprint density at radius 1 is 1.00 bits per heavy atom. The summed E-state index contributed by atoms with van der Waals surface area (Å²) in [5, 5.41) is 2.03. The van der Waals surface area contributed by atoms with E-state index in [9.17, 15) is 14.4 Å². The lowest BCUT2D eigenvalue weighted by Crippen LogP contribution is -2.38. The average Bonchev–Trinajstić information content (AvgIpc) is 2.76. The molecule has 0 aliphatic heterocycles. The number of hydrogen-bond acceptors (Lipinski definition) is 8. The summed E-state index contributed by atoms with van der Waals surface area (Å²) in [4.78, 5) is 35.5. The summed E-state index contributed by atoms with van der Waals surface area (Å²) in [6, 6.07) is 8.74. The number of benzene rings is 2. The molecule has 0 saturated heterocycles. The van der Waals surface area contributed by atoms with E-state index in [-0.39, 0.29) is 34.0 Å². The van der Waals surface area contributed by atoms with Crippen molar-refractivity contribution in [3.05, 3.63) is 46.6 Å². The molecule has 31 heavy (non-hydrogen) atoms. The Morgan fingerprint density at radius 3 is 2.29 bits per heavy atom. The van der Waals surface area contributed by atoms with Crippen molar-refractivity contribution in [2.45, 2.75) is 0 Å². The van der Waals surface area contributed by atoms with Crippen molar-refractivity contribution >= 4 is 22.9 Å². The van der Waals surface area contributed by atoms with Gasteiger partial charge in [0.1, 0.15) is 28.2 Å². The predicted molar refractivity (Wildman–Crippen MR) is 111 cm³/mol. The molecule has 1 aromatic heterocycles. The van der Waals surface area contributed by atoms with E-state index >= 15 is 0 Å². The SMILES string of the molecule is COc1ccc(-c2oc3cc(OCC(=O)NC(N)=O)cc(OC)c3c(=O)c2OC)cc1. The van der Waals surface area contributed by atoms with Gasteiger partial charge in [-0.05, 0) is 24.3 Å². The van der Waals surface area contributed by atoms with Crippen LogP contribution in [0.3, 0.4) is 0 Å². The van der Waals surface area contributed by atoms with Crippen molar-refractivity contribution in [2.24, 2.45) is 5.73 Å². The summed E-state index contributed by atoms with van der Waals surface area (Å²) in [6.45, 7) is -0.483. The maximum absolute atomic E-state index is 13.1. The quantitative estimate of drug-likeness (QED) is 0.583. The van der Waals surface area contributed by atoms with Crippen LogP contribution in [0.1, 0.15) is 0 Å². The first kappa shape index (κ1) is 21.5. The number of methoxy groups -OCH3 is 3. The van der Waals surface area contributed by atoms with Crippen LogP contribution in [-0.2, 0) is 4.79 Å². The molecule has 2 aromatic carbocycles. The number of primary amides is 1. The molecule has 1 heterocycles. The zero-order chi connectivity index (χ0) is 22.5. The zero-order valence-electron chi connectivity index (χ0n) is 17.0. The van der Waals surface area contributed by atoms with Gasteiger partial charge in [-0.25, -0.2) is 4.79 Å². The number of rotatable bonds is 7. The van der Waals surface area contributed by atoms with E-state index in [4.69, 9.17) is 29.1 Å². The fourth-order valence-corrected chi connectivity index (χ4v) is 2.93. The summed E-state index contributed by atoms with van der Waals surface area (Å²) < 4.78 is 27.1. The van der Waals surface area contributed by atoms with Crippen LogP contribution in [-0.4, -0.2) is 39.9 Å². The number of urea groups is 1. The molecule has 3 aromatic rings. The summed E-state index contributed by atoms with van der Waals surface area (Å²) in [7, 11) is 4.29. The molecular formula is C21H20N2O8. The minimum absolute atomic E-state index is 0.00507. The average molecular weight is 428 g/mol. The van der Waals surface area contributed by atoms with Crippen molar-refractivity contribution in [3.8, 4) is 34.3 Å². The van der Waals surface area contributed by atoms with E-state index in [0.29, 0.717) is 11.3 Å². The minimum Gasteiger partial charge on any atom is -0.497 e. The number of imide groups is 1. The molecule has 10 nitrogen and oxygen atoms in total. The molecule has 3 N–H and O–H groups in total. The Balaban J connectivity index is 2.10. The Kier molecular flexibility index (Phi) is 6.29. The number of amides is 3. The third-order valence-electron chi connectivity index (χ3n) is 4.30. The molecule has 0 saturated carbocycles. The molecule has 0 fully saturated rings. The molecular weight excluding hydrogens is 408 g/mol. The molecule has 10 heteroatoms. The highest BCUT2D eigenvalue weighted by Gasteiger charge is 2.21. The van der Waals surface area contributed by atoms with Crippen molar-refractivity contribution in [3.63, 3.8) is 0 Å². The predicted octanol–water partition coefficient (Wildman–Crippen LogP) is 2.06. The Bertz CT molecular complexity index is 1180. The normalized spacial score (nSPS) is 10.4. The molecule has 3 amide bonds. The highest BCUT2D eigenvalue weighted by Crippen LogP contribution is 2.36. The number of hydrogen-bond donors (Lipinski definition) is 2. The summed E-state index contributed by atoms with van der Waals surface area (Å²) in [5.41, 5.74) is 5.20. The van der Waals surface area contributed by atoms with Gasteiger partial charge in [0, 0.05) is 17.7 Å². The fraction of sp³-hybridized carbons (Fsp3) is 0.190. The van der Waals surface area contributed by atoms with Crippen LogP contribution in [0.5, 0.6) is 23.0 Å². The van der Waals surface area contributed by atoms with Crippen LogP contribution in [0.25, 0.3) is 22.3 Å². The van der Waals surface area contributed by atoms with E-state index in [1.165, 1.54) is 26.4 Å². The third-order valence-corrected chi connectivity index (χ3v) is 4.30. The Labute approximate surface area is 176 Å². The van der Waals surface area contributed by atoms with E-state index in [1.807, 2.05) is 5.32 Å².